The zero-order valence-electron chi connectivity index (χ0n) is 16.1. The highest BCUT2D eigenvalue weighted by molar-refractivity contribution is 7.10. The molecule has 0 saturated heterocycles. The summed E-state index contributed by atoms with van der Waals surface area (Å²) in [4.78, 5) is 23.1. The summed E-state index contributed by atoms with van der Waals surface area (Å²) in [7, 11) is 0. The monoisotopic (exact) mass is 414 g/mol. The van der Waals surface area contributed by atoms with Crippen LogP contribution in [-0.2, 0) is 4.79 Å². The van der Waals surface area contributed by atoms with E-state index in [-0.39, 0.29) is 11.9 Å². The molecule has 1 aromatic carbocycles. The van der Waals surface area contributed by atoms with E-state index >= 15 is 0 Å². The molecular weight excluding hydrogens is 396 g/mol. The number of nitrogens with zero attached hydrogens (tertiary/aromatic N) is 4. The molecule has 4 aromatic rings. The lowest BCUT2D eigenvalue weighted by molar-refractivity contribution is -0.113. The van der Waals surface area contributed by atoms with Crippen LogP contribution < -0.4 is 10.6 Å². The Balaban J connectivity index is 1.58. The summed E-state index contributed by atoms with van der Waals surface area (Å²) in [6, 6.07) is 16.8. The molecule has 4 heterocycles. The van der Waals surface area contributed by atoms with Crippen molar-refractivity contribution in [1.29, 1.82) is 0 Å². The highest BCUT2D eigenvalue weighted by Gasteiger charge is 2.35. The first-order valence-electron chi connectivity index (χ1n) is 9.45. The van der Waals surface area contributed by atoms with Gasteiger partial charge in [-0.25, -0.2) is 4.68 Å². The first kappa shape index (κ1) is 18.3. The van der Waals surface area contributed by atoms with Gasteiger partial charge in [0.2, 0.25) is 5.95 Å². The number of rotatable bonds is 4. The molecule has 1 amide bonds. The van der Waals surface area contributed by atoms with Gasteiger partial charge in [-0.3, -0.25) is 9.78 Å². The number of carbonyl (C=O) groups excluding carboxylic acids is 1. The van der Waals surface area contributed by atoms with Gasteiger partial charge in [-0.05, 0) is 42.6 Å². The van der Waals surface area contributed by atoms with Gasteiger partial charge in [-0.2, -0.15) is 4.98 Å². The minimum Gasteiger partial charge on any atom is -0.328 e. The smallest absolute Gasteiger partial charge is 0.255 e. The maximum absolute atomic E-state index is 13.3. The van der Waals surface area contributed by atoms with Crippen molar-refractivity contribution in [2.45, 2.75) is 13.0 Å². The maximum Gasteiger partial charge on any atom is 0.255 e. The predicted octanol–water partition coefficient (Wildman–Crippen LogP) is 4.33. The molecule has 0 fully saturated rings. The first-order valence-corrected chi connectivity index (χ1v) is 10.3. The Morgan fingerprint density at radius 3 is 2.73 bits per heavy atom. The number of aromatic nitrogens is 4. The topological polar surface area (TPSA) is 84.7 Å². The summed E-state index contributed by atoms with van der Waals surface area (Å²) in [5.41, 5.74) is 2.92. The Bertz CT molecular complexity index is 1220. The molecule has 5 rings (SSSR count). The van der Waals surface area contributed by atoms with E-state index in [4.69, 9.17) is 5.10 Å². The van der Waals surface area contributed by atoms with Crippen LogP contribution in [0.25, 0.3) is 11.4 Å². The molecule has 1 aliphatic rings. The molecule has 0 radical (unpaired) electrons. The van der Waals surface area contributed by atoms with Gasteiger partial charge in [-0.15, -0.1) is 16.4 Å². The third-order valence-electron chi connectivity index (χ3n) is 4.86. The molecule has 30 heavy (non-hydrogen) atoms. The lowest BCUT2D eigenvalue weighted by Crippen LogP contribution is -2.31. The number of allylic oxidation sites excluding steroid dienone is 1. The van der Waals surface area contributed by atoms with E-state index in [0.29, 0.717) is 17.3 Å². The number of benzene rings is 1. The van der Waals surface area contributed by atoms with E-state index in [1.54, 1.807) is 28.4 Å². The molecule has 3 aromatic heterocycles. The molecule has 1 aliphatic heterocycles. The van der Waals surface area contributed by atoms with E-state index in [1.807, 2.05) is 66.9 Å². The molecule has 8 heteroatoms. The van der Waals surface area contributed by atoms with Crippen molar-refractivity contribution in [3.8, 4) is 11.4 Å². The standard InChI is InChI=1S/C22H18N6OS/c1-14-18(21(29)25-16-8-3-2-4-9-16)19(17-10-6-12-30-17)28-22(24-14)26-20(27-28)15-7-5-11-23-13-15/h2-13,19H,1H3,(H,25,29)(H,24,26,27). The summed E-state index contributed by atoms with van der Waals surface area (Å²) in [6.45, 7) is 1.89. The number of thiophene rings is 1. The zero-order valence-corrected chi connectivity index (χ0v) is 16.9. The number of nitrogens with one attached hydrogen (secondary N) is 2. The van der Waals surface area contributed by atoms with Crippen LogP contribution in [0.2, 0.25) is 0 Å². The number of para-hydroxylation sites is 1. The molecule has 0 aliphatic carbocycles. The second-order valence-corrected chi connectivity index (χ2v) is 7.83. The summed E-state index contributed by atoms with van der Waals surface area (Å²) >= 11 is 1.58. The van der Waals surface area contributed by atoms with Crippen molar-refractivity contribution in [3.63, 3.8) is 0 Å². The quantitative estimate of drug-likeness (QED) is 0.519. The fraction of sp³-hybridized carbons (Fsp3) is 0.0909. The van der Waals surface area contributed by atoms with Gasteiger partial charge in [0.1, 0.15) is 6.04 Å². The van der Waals surface area contributed by atoms with E-state index in [2.05, 4.69) is 20.6 Å². The zero-order chi connectivity index (χ0) is 20.5. The third-order valence-corrected chi connectivity index (χ3v) is 5.79. The molecule has 2 N–H and O–H groups in total. The number of pyridine rings is 1. The molecule has 0 saturated carbocycles. The van der Waals surface area contributed by atoms with Gasteiger partial charge in [0.15, 0.2) is 5.82 Å². The number of hydrogen-bond acceptors (Lipinski definition) is 6. The first-order chi connectivity index (χ1) is 14.7. The van der Waals surface area contributed by atoms with Gasteiger partial charge in [0.05, 0.1) is 5.57 Å². The van der Waals surface area contributed by atoms with Gasteiger partial charge in [0, 0.05) is 34.2 Å². The Hall–Kier alpha value is -3.78. The van der Waals surface area contributed by atoms with E-state index in [9.17, 15) is 4.79 Å². The second kappa shape index (κ2) is 7.57. The molecule has 0 bridgehead atoms. The van der Waals surface area contributed by atoms with Crippen LogP contribution in [0.4, 0.5) is 11.6 Å². The largest absolute Gasteiger partial charge is 0.328 e. The van der Waals surface area contributed by atoms with Crippen molar-refractivity contribution in [3.05, 3.63) is 88.5 Å². The van der Waals surface area contributed by atoms with E-state index in [1.165, 1.54) is 0 Å². The van der Waals surface area contributed by atoms with Crippen LogP contribution in [0.3, 0.4) is 0 Å². The van der Waals surface area contributed by atoms with Crippen LogP contribution in [0, 0.1) is 0 Å². The highest BCUT2D eigenvalue weighted by Crippen LogP contribution is 2.38. The predicted molar refractivity (Wildman–Crippen MR) is 117 cm³/mol. The Labute approximate surface area is 177 Å². The summed E-state index contributed by atoms with van der Waals surface area (Å²) in [5, 5.41) is 13.0. The maximum atomic E-state index is 13.3. The van der Waals surface area contributed by atoms with Gasteiger partial charge in [0.25, 0.3) is 5.91 Å². The molecule has 7 nitrogen and oxygen atoms in total. The third kappa shape index (κ3) is 3.27. The minimum atomic E-state index is -0.372. The fourth-order valence-corrected chi connectivity index (χ4v) is 4.31. The van der Waals surface area contributed by atoms with Gasteiger partial charge < -0.3 is 10.6 Å². The number of amides is 1. The van der Waals surface area contributed by atoms with Crippen LogP contribution in [0.5, 0.6) is 0 Å². The Morgan fingerprint density at radius 2 is 2.00 bits per heavy atom. The van der Waals surface area contributed by atoms with Crippen LogP contribution in [-0.4, -0.2) is 25.7 Å². The van der Waals surface area contributed by atoms with Crippen LogP contribution in [0.15, 0.2) is 83.6 Å². The van der Waals surface area contributed by atoms with E-state index < -0.39 is 0 Å². The molecular formula is C22H18N6OS. The minimum absolute atomic E-state index is 0.173. The van der Waals surface area contributed by atoms with Crippen LogP contribution in [0.1, 0.15) is 17.8 Å². The molecule has 148 valence electrons. The van der Waals surface area contributed by atoms with Crippen LogP contribution >= 0.6 is 11.3 Å². The average Bonchev–Trinajstić information content (AvgIpc) is 3.44. The Morgan fingerprint density at radius 1 is 1.13 bits per heavy atom. The highest BCUT2D eigenvalue weighted by atomic mass is 32.1. The molecule has 0 spiro atoms. The van der Waals surface area contributed by atoms with Gasteiger partial charge >= 0.3 is 0 Å². The van der Waals surface area contributed by atoms with E-state index in [0.717, 1.165) is 21.8 Å². The lowest BCUT2D eigenvalue weighted by Gasteiger charge is -2.27. The normalized spacial score (nSPS) is 15.4. The van der Waals surface area contributed by atoms with Crippen molar-refractivity contribution >= 4 is 28.9 Å². The molecule has 1 atom stereocenters. The number of anilines is 2. The lowest BCUT2D eigenvalue weighted by atomic mass is 10.0. The van der Waals surface area contributed by atoms with Crippen molar-refractivity contribution < 1.29 is 4.79 Å². The van der Waals surface area contributed by atoms with Gasteiger partial charge in [-0.1, -0.05) is 24.3 Å². The summed E-state index contributed by atoms with van der Waals surface area (Å²) in [6.07, 6.45) is 3.44. The Kier molecular flexibility index (Phi) is 4.61. The number of fused-ring (bicyclic) bond motifs is 1. The molecule has 1 unspecified atom stereocenters. The van der Waals surface area contributed by atoms with Crippen molar-refractivity contribution in [1.82, 2.24) is 19.7 Å². The number of hydrogen-bond donors (Lipinski definition) is 2. The summed E-state index contributed by atoms with van der Waals surface area (Å²) in [5.74, 6) is 0.986. The number of carbonyl (C=O) groups is 1. The second-order valence-electron chi connectivity index (χ2n) is 6.85. The fourth-order valence-electron chi connectivity index (χ4n) is 3.49. The average molecular weight is 414 g/mol. The summed E-state index contributed by atoms with van der Waals surface area (Å²) < 4.78 is 1.78. The SMILES string of the molecule is CC1=C(C(=O)Nc2ccccc2)C(c2cccs2)n2nc(-c3cccnc3)nc2N1. The van der Waals surface area contributed by atoms with Crippen molar-refractivity contribution in [2.75, 3.05) is 10.6 Å². The van der Waals surface area contributed by atoms with Crippen molar-refractivity contribution in [2.24, 2.45) is 0 Å².